The molecule has 0 aromatic heterocycles. The first-order valence-electron chi connectivity index (χ1n) is 6.69. The molecule has 5 heteroatoms. The van der Waals surface area contributed by atoms with Gasteiger partial charge >= 0.3 is 5.97 Å². The van der Waals surface area contributed by atoms with Crippen molar-refractivity contribution in [1.82, 2.24) is 5.32 Å². The summed E-state index contributed by atoms with van der Waals surface area (Å²) < 4.78 is 5.19. The van der Waals surface area contributed by atoms with Gasteiger partial charge in [-0.2, -0.15) is 0 Å². The number of amides is 1. The average Bonchev–Trinajstić information content (AvgIpc) is 2.87. The molecule has 0 aliphatic heterocycles. The minimum atomic E-state index is -0.783. The quantitative estimate of drug-likeness (QED) is 0.882. The number of carbonyl (C=O) groups is 2. The molecule has 1 saturated carbocycles. The van der Waals surface area contributed by atoms with Gasteiger partial charge in [-0.15, -0.1) is 0 Å². The lowest BCUT2D eigenvalue weighted by Crippen LogP contribution is -2.33. The Morgan fingerprint density at radius 3 is 2.70 bits per heavy atom. The highest BCUT2D eigenvalue weighted by Crippen LogP contribution is 2.27. The van der Waals surface area contributed by atoms with Crippen molar-refractivity contribution in [1.29, 1.82) is 0 Å². The smallest absolute Gasteiger partial charge is 0.306 e. The summed E-state index contributed by atoms with van der Waals surface area (Å²) in [5, 5.41) is 11.9. The zero-order valence-corrected chi connectivity index (χ0v) is 11.7. The molecule has 0 unspecified atom stereocenters. The van der Waals surface area contributed by atoms with Gasteiger partial charge in [0.15, 0.2) is 0 Å². The molecule has 108 valence electrons. The molecule has 1 aromatic rings. The lowest BCUT2D eigenvalue weighted by atomic mass is 10.1. The molecule has 0 bridgehead atoms. The molecule has 0 heterocycles. The van der Waals surface area contributed by atoms with Crippen molar-refractivity contribution in [2.24, 2.45) is 5.92 Å². The van der Waals surface area contributed by atoms with E-state index in [9.17, 15) is 9.59 Å². The number of aryl methyl sites for hydroxylation is 1. The third kappa shape index (κ3) is 3.10. The van der Waals surface area contributed by atoms with Crippen LogP contribution in [0.4, 0.5) is 0 Å². The van der Waals surface area contributed by atoms with Crippen LogP contribution in [0.1, 0.15) is 35.2 Å². The summed E-state index contributed by atoms with van der Waals surface area (Å²) in [6.45, 7) is 1.91. The van der Waals surface area contributed by atoms with Crippen molar-refractivity contribution < 1.29 is 19.4 Å². The molecule has 20 heavy (non-hydrogen) atoms. The lowest BCUT2D eigenvalue weighted by Gasteiger charge is -2.14. The van der Waals surface area contributed by atoms with E-state index in [1.165, 1.54) is 7.11 Å². The number of rotatable bonds is 4. The van der Waals surface area contributed by atoms with E-state index in [-0.39, 0.29) is 17.9 Å². The molecular formula is C15H19NO4. The van der Waals surface area contributed by atoms with Crippen LogP contribution in [0.5, 0.6) is 5.75 Å². The number of aliphatic carboxylic acids is 1. The third-order valence-corrected chi connectivity index (χ3v) is 3.72. The average molecular weight is 277 g/mol. The number of benzene rings is 1. The van der Waals surface area contributed by atoms with E-state index in [4.69, 9.17) is 9.84 Å². The van der Waals surface area contributed by atoms with E-state index >= 15 is 0 Å². The Labute approximate surface area is 117 Å². The summed E-state index contributed by atoms with van der Waals surface area (Å²) in [6.07, 6.45) is 1.82. The first kappa shape index (κ1) is 14.4. The van der Waals surface area contributed by atoms with Gasteiger partial charge in [-0.1, -0.05) is 11.6 Å². The summed E-state index contributed by atoms with van der Waals surface area (Å²) in [7, 11) is 1.53. The van der Waals surface area contributed by atoms with Crippen molar-refractivity contribution >= 4 is 11.9 Å². The number of carboxylic acids is 1. The monoisotopic (exact) mass is 277 g/mol. The number of hydrogen-bond acceptors (Lipinski definition) is 3. The fourth-order valence-corrected chi connectivity index (χ4v) is 2.60. The summed E-state index contributed by atoms with van der Waals surface area (Å²) in [6, 6.07) is 5.34. The molecule has 1 fully saturated rings. The predicted molar refractivity (Wildman–Crippen MR) is 74.0 cm³/mol. The third-order valence-electron chi connectivity index (χ3n) is 3.72. The maximum Gasteiger partial charge on any atom is 0.306 e. The Morgan fingerprint density at radius 2 is 2.10 bits per heavy atom. The number of ether oxygens (including phenoxy) is 1. The number of nitrogens with one attached hydrogen (secondary N) is 1. The summed E-state index contributed by atoms with van der Waals surface area (Å²) >= 11 is 0. The Kier molecular flexibility index (Phi) is 4.27. The Morgan fingerprint density at radius 1 is 1.35 bits per heavy atom. The van der Waals surface area contributed by atoms with Gasteiger partial charge in [-0.05, 0) is 38.3 Å². The molecule has 1 aromatic carbocycles. The molecule has 5 nitrogen and oxygen atoms in total. The van der Waals surface area contributed by atoms with Gasteiger partial charge in [-0.25, -0.2) is 0 Å². The Hall–Kier alpha value is -2.04. The number of carbonyl (C=O) groups excluding carboxylic acids is 1. The summed E-state index contributed by atoms with van der Waals surface area (Å²) in [4.78, 5) is 23.2. The van der Waals surface area contributed by atoms with Gasteiger partial charge in [0.2, 0.25) is 0 Å². The van der Waals surface area contributed by atoms with E-state index in [1.807, 2.05) is 13.0 Å². The van der Waals surface area contributed by atoms with E-state index in [0.717, 1.165) is 5.56 Å². The van der Waals surface area contributed by atoms with Crippen molar-refractivity contribution in [2.75, 3.05) is 7.11 Å². The normalized spacial score (nSPS) is 21.5. The topological polar surface area (TPSA) is 75.6 Å². The fraction of sp³-hybridized carbons (Fsp3) is 0.467. The molecule has 0 spiro atoms. The van der Waals surface area contributed by atoms with Gasteiger partial charge in [-0.3, -0.25) is 9.59 Å². The molecule has 2 N–H and O–H groups in total. The summed E-state index contributed by atoms with van der Waals surface area (Å²) in [5.41, 5.74) is 1.47. The minimum Gasteiger partial charge on any atom is -0.496 e. The second kappa shape index (κ2) is 5.94. The molecular weight excluding hydrogens is 258 g/mol. The highest BCUT2D eigenvalue weighted by atomic mass is 16.5. The van der Waals surface area contributed by atoms with E-state index in [1.54, 1.807) is 12.1 Å². The van der Waals surface area contributed by atoms with E-state index in [2.05, 4.69) is 5.32 Å². The van der Waals surface area contributed by atoms with Crippen LogP contribution in [-0.4, -0.2) is 30.1 Å². The fourth-order valence-electron chi connectivity index (χ4n) is 2.60. The lowest BCUT2D eigenvalue weighted by molar-refractivity contribution is -0.141. The molecule has 2 atom stereocenters. The second-order valence-electron chi connectivity index (χ2n) is 5.22. The van der Waals surface area contributed by atoms with Crippen LogP contribution < -0.4 is 10.1 Å². The van der Waals surface area contributed by atoms with Gasteiger partial charge < -0.3 is 15.2 Å². The summed E-state index contributed by atoms with van der Waals surface area (Å²) in [5.74, 6) is -0.808. The van der Waals surface area contributed by atoms with Crippen LogP contribution in [0.2, 0.25) is 0 Å². The highest BCUT2D eigenvalue weighted by Gasteiger charge is 2.31. The van der Waals surface area contributed by atoms with Crippen LogP contribution in [0.3, 0.4) is 0 Å². The predicted octanol–water partition coefficient (Wildman–Crippen LogP) is 1.99. The SMILES string of the molecule is COc1ccc(C)cc1C(=O)N[C@H]1CC[C@@H](C(=O)O)C1. The first-order valence-corrected chi connectivity index (χ1v) is 6.69. The zero-order valence-electron chi connectivity index (χ0n) is 11.7. The molecule has 1 amide bonds. The Balaban J connectivity index is 2.06. The zero-order chi connectivity index (χ0) is 14.7. The second-order valence-corrected chi connectivity index (χ2v) is 5.22. The number of hydrogen-bond donors (Lipinski definition) is 2. The van der Waals surface area contributed by atoms with Crippen molar-refractivity contribution in [3.8, 4) is 5.75 Å². The number of methoxy groups -OCH3 is 1. The van der Waals surface area contributed by atoms with E-state index in [0.29, 0.717) is 30.6 Å². The van der Waals surface area contributed by atoms with Crippen LogP contribution in [0.15, 0.2) is 18.2 Å². The molecule has 1 aliphatic rings. The van der Waals surface area contributed by atoms with Crippen molar-refractivity contribution in [3.63, 3.8) is 0 Å². The highest BCUT2D eigenvalue weighted by molar-refractivity contribution is 5.97. The first-order chi connectivity index (χ1) is 9.51. The van der Waals surface area contributed by atoms with Crippen molar-refractivity contribution in [3.05, 3.63) is 29.3 Å². The Bertz CT molecular complexity index is 527. The van der Waals surface area contributed by atoms with Crippen LogP contribution in [-0.2, 0) is 4.79 Å². The minimum absolute atomic E-state index is 0.0752. The largest absolute Gasteiger partial charge is 0.496 e. The van der Waals surface area contributed by atoms with Crippen LogP contribution in [0.25, 0.3) is 0 Å². The van der Waals surface area contributed by atoms with Crippen LogP contribution in [0, 0.1) is 12.8 Å². The van der Waals surface area contributed by atoms with Gasteiger partial charge in [0.05, 0.1) is 18.6 Å². The molecule has 0 saturated heterocycles. The maximum atomic E-state index is 12.3. The van der Waals surface area contributed by atoms with Crippen molar-refractivity contribution in [2.45, 2.75) is 32.2 Å². The van der Waals surface area contributed by atoms with Gasteiger partial charge in [0, 0.05) is 6.04 Å². The van der Waals surface area contributed by atoms with Crippen LogP contribution >= 0.6 is 0 Å². The van der Waals surface area contributed by atoms with Gasteiger partial charge in [0.25, 0.3) is 5.91 Å². The molecule has 2 rings (SSSR count). The number of carboxylic acid groups (broad SMARTS) is 1. The maximum absolute atomic E-state index is 12.3. The molecule has 0 radical (unpaired) electrons. The standard InChI is InChI=1S/C15H19NO4/c1-9-3-6-13(20-2)12(7-9)14(17)16-11-5-4-10(8-11)15(18)19/h3,6-7,10-11H,4-5,8H2,1-2H3,(H,16,17)(H,18,19)/t10-,11+/m1/s1. The molecule has 1 aliphatic carbocycles. The van der Waals surface area contributed by atoms with E-state index < -0.39 is 5.97 Å². The van der Waals surface area contributed by atoms with Gasteiger partial charge in [0.1, 0.15) is 5.75 Å².